The average Bonchev–Trinajstić information content (AvgIpc) is 3.72. The number of rotatable bonds is 2. The zero-order valence-electron chi connectivity index (χ0n) is 25.6. The summed E-state index contributed by atoms with van der Waals surface area (Å²) in [5, 5.41) is 10.1. The topological polar surface area (TPSA) is 52.1 Å². The number of fused-ring (bicyclic) bond motifs is 14. The van der Waals surface area contributed by atoms with E-state index >= 15 is 0 Å². The second-order valence-corrected chi connectivity index (χ2v) is 12.5. The molecule has 0 atom stereocenters. The Morgan fingerprint density at radius 2 is 1.00 bits per heavy atom. The maximum absolute atomic E-state index is 6.55. The Morgan fingerprint density at radius 3 is 1.81 bits per heavy atom. The maximum Gasteiger partial charge on any atom is 0.246 e. The number of hydrogen-bond acceptors (Lipinski definition) is 4. The van der Waals surface area contributed by atoms with Gasteiger partial charge in [0.05, 0.1) is 5.52 Å². The van der Waals surface area contributed by atoms with Gasteiger partial charge >= 0.3 is 0 Å². The zero-order chi connectivity index (χ0) is 31.3. The standard InChI is InChI=1S/C44H24N2O2/c1-2-13-29-28(10-1)24-35(43-39(29)34-18-7-8-19-37(34)47-43)27-12-9-11-25(22-27)26-20-21-38-36(23-26)42-44(48-38)46-41-33-17-6-4-15-31(33)30-14-3-5-16-32(30)40(41)45-42/h1-24H. The number of furan rings is 2. The molecule has 0 spiro atoms. The molecule has 0 aliphatic rings. The van der Waals surface area contributed by atoms with Gasteiger partial charge < -0.3 is 8.83 Å². The summed E-state index contributed by atoms with van der Waals surface area (Å²) < 4.78 is 12.9. The Morgan fingerprint density at radius 1 is 0.375 bits per heavy atom. The minimum atomic E-state index is 0.548. The fourth-order valence-electron chi connectivity index (χ4n) is 7.63. The summed E-state index contributed by atoms with van der Waals surface area (Å²) in [6.45, 7) is 0. The molecular formula is C44H24N2O2. The maximum atomic E-state index is 6.55. The van der Waals surface area contributed by atoms with Gasteiger partial charge in [0.1, 0.15) is 27.8 Å². The Balaban J connectivity index is 1.12. The largest absolute Gasteiger partial charge is 0.455 e. The molecule has 48 heavy (non-hydrogen) atoms. The second kappa shape index (κ2) is 9.50. The van der Waals surface area contributed by atoms with Gasteiger partial charge in [-0.2, -0.15) is 0 Å². The van der Waals surface area contributed by atoms with Crippen LogP contribution in [0.5, 0.6) is 0 Å². The van der Waals surface area contributed by atoms with Crippen molar-refractivity contribution < 1.29 is 8.83 Å². The molecular weight excluding hydrogens is 588 g/mol. The number of benzene rings is 8. The van der Waals surface area contributed by atoms with Crippen molar-refractivity contribution in [2.75, 3.05) is 0 Å². The van der Waals surface area contributed by atoms with Crippen molar-refractivity contribution in [2.24, 2.45) is 0 Å². The molecule has 0 unspecified atom stereocenters. The third-order valence-corrected chi connectivity index (χ3v) is 9.84. The summed E-state index contributed by atoms with van der Waals surface area (Å²) in [6.07, 6.45) is 0. The second-order valence-electron chi connectivity index (χ2n) is 12.5. The van der Waals surface area contributed by atoms with Crippen molar-refractivity contribution in [3.63, 3.8) is 0 Å². The number of nitrogens with zero attached hydrogens (tertiary/aromatic N) is 2. The average molecular weight is 613 g/mol. The molecule has 11 aromatic rings. The monoisotopic (exact) mass is 612 g/mol. The highest BCUT2D eigenvalue weighted by Gasteiger charge is 2.19. The van der Waals surface area contributed by atoms with Gasteiger partial charge in [-0.25, -0.2) is 9.97 Å². The van der Waals surface area contributed by atoms with Gasteiger partial charge in [0.2, 0.25) is 5.71 Å². The van der Waals surface area contributed by atoms with E-state index in [-0.39, 0.29) is 0 Å². The highest BCUT2D eigenvalue weighted by Crippen LogP contribution is 2.42. The van der Waals surface area contributed by atoms with Crippen molar-refractivity contribution in [2.45, 2.75) is 0 Å². The number of aromatic nitrogens is 2. The summed E-state index contributed by atoms with van der Waals surface area (Å²) in [4.78, 5) is 10.3. The molecule has 3 aromatic heterocycles. The predicted molar refractivity (Wildman–Crippen MR) is 197 cm³/mol. The fraction of sp³-hybridized carbons (Fsp3) is 0. The summed E-state index contributed by atoms with van der Waals surface area (Å²) >= 11 is 0. The van der Waals surface area contributed by atoms with Crippen LogP contribution >= 0.6 is 0 Å². The summed E-state index contributed by atoms with van der Waals surface area (Å²) in [5.74, 6) is 0. The highest BCUT2D eigenvalue weighted by molar-refractivity contribution is 6.25. The first kappa shape index (κ1) is 25.6. The Bertz CT molecular complexity index is 3130. The zero-order valence-corrected chi connectivity index (χ0v) is 25.6. The highest BCUT2D eigenvalue weighted by atomic mass is 16.3. The number of para-hydroxylation sites is 1. The fourth-order valence-corrected chi connectivity index (χ4v) is 7.63. The van der Waals surface area contributed by atoms with Gasteiger partial charge in [0.15, 0.2) is 0 Å². The van der Waals surface area contributed by atoms with Crippen LogP contribution in [0.25, 0.3) is 110 Å². The molecule has 0 fully saturated rings. The molecule has 4 heteroatoms. The van der Waals surface area contributed by atoms with E-state index in [1.165, 1.54) is 21.5 Å². The van der Waals surface area contributed by atoms with E-state index in [4.69, 9.17) is 18.8 Å². The molecule has 0 aliphatic carbocycles. The molecule has 3 heterocycles. The Hall–Kier alpha value is -6.52. The minimum Gasteiger partial charge on any atom is -0.455 e. The first-order chi connectivity index (χ1) is 23.8. The lowest BCUT2D eigenvalue weighted by Gasteiger charge is -2.09. The third kappa shape index (κ3) is 3.54. The van der Waals surface area contributed by atoms with Crippen LogP contribution in [0.4, 0.5) is 0 Å². The van der Waals surface area contributed by atoms with Gasteiger partial charge in [-0.15, -0.1) is 0 Å². The first-order valence-electron chi connectivity index (χ1n) is 16.2. The van der Waals surface area contributed by atoms with Gasteiger partial charge in [0, 0.05) is 32.5 Å². The van der Waals surface area contributed by atoms with Crippen LogP contribution < -0.4 is 0 Å². The molecule has 11 rings (SSSR count). The van der Waals surface area contributed by atoms with E-state index in [1.807, 2.05) is 18.2 Å². The van der Waals surface area contributed by atoms with Crippen LogP contribution in [0.15, 0.2) is 154 Å². The predicted octanol–water partition coefficient (Wildman–Crippen LogP) is 12.2. The molecule has 0 N–H and O–H groups in total. The molecule has 222 valence electrons. The van der Waals surface area contributed by atoms with E-state index in [9.17, 15) is 0 Å². The van der Waals surface area contributed by atoms with Gasteiger partial charge in [-0.1, -0.05) is 115 Å². The lowest BCUT2D eigenvalue weighted by molar-refractivity contribution is 0.655. The van der Waals surface area contributed by atoms with Crippen molar-refractivity contribution in [3.05, 3.63) is 146 Å². The third-order valence-electron chi connectivity index (χ3n) is 9.84. The SMILES string of the molecule is c1cc(-c2ccc3oc4nc5c6ccccc6c6ccccc6c5nc4c3c2)cc(-c2cc3ccccc3c3c2oc2ccccc23)c1. The van der Waals surface area contributed by atoms with Gasteiger partial charge in [0.25, 0.3) is 0 Å². The van der Waals surface area contributed by atoms with Gasteiger partial charge in [-0.05, 0) is 68.6 Å². The van der Waals surface area contributed by atoms with Crippen LogP contribution in [0.3, 0.4) is 0 Å². The summed E-state index contributed by atoms with van der Waals surface area (Å²) in [6, 6.07) is 51.0. The van der Waals surface area contributed by atoms with E-state index < -0.39 is 0 Å². The molecule has 0 bridgehead atoms. The Kier molecular flexibility index (Phi) is 5.08. The van der Waals surface area contributed by atoms with E-state index in [0.717, 1.165) is 82.5 Å². The van der Waals surface area contributed by atoms with Crippen LogP contribution in [0, 0.1) is 0 Å². The lowest BCUT2D eigenvalue weighted by Crippen LogP contribution is -1.89. The summed E-state index contributed by atoms with van der Waals surface area (Å²) in [5.41, 5.74) is 10.0. The molecule has 0 radical (unpaired) electrons. The summed E-state index contributed by atoms with van der Waals surface area (Å²) in [7, 11) is 0. The normalized spacial score (nSPS) is 12.2. The number of hydrogen-bond donors (Lipinski definition) is 0. The molecule has 0 aliphatic heterocycles. The van der Waals surface area contributed by atoms with E-state index in [0.29, 0.717) is 5.71 Å². The van der Waals surface area contributed by atoms with Crippen LogP contribution in [-0.2, 0) is 0 Å². The van der Waals surface area contributed by atoms with Crippen molar-refractivity contribution in [1.29, 1.82) is 0 Å². The molecule has 0 saturated heterocycles. The van der Waals surface area contributed by atoms with Crippen molar-refractivity contribution in [1.82, 2.24) is 9.97 Å². The molecule has 0 amide bonds. The smallest absolute Gasteiger partial charge is 0.246 e. The first-order valence-corrected chi connectivity index (χ1v) is 16.2. The lowest BCUT2D eigenvalue weighted by atomic mass is 9.94. The minimum absolute atomic E-state index is 0.548. The molecule has 4 nitrogen and oxygen atoms in total. The molecule has 8 aromatic carbocycles. The van der Waals surface area contributed by atoms with E-state index in [2.05, 4.69) is 127 Å². The van der Waals surface area contributed by atoms with Crippen molar-refractivity contribution >= 4 is 87.5 Å². The Labute approximate surface area is 273 Å². The van der Waals surface area contributed by atoms with Gasteiger partial charge in [-0.3, -0.25) is 0 Å². The van der Waals surface area contributed by atoms with E-state index in [1.54, 1.807) is 0 Å². The van der Waals surface area contributed by atoms with Crippen molar-refractivity contribution in [3.8, 4) is 22.3 Å². The van der Waals surface area contributed by atoms with Crippen LogP contribution in [0.1, 0.15) is 0 Å². The molecule has 0 saturated carbocycles. The van der Waals surface area contributed by atoms with Crippen LogP contribution in [0.2, 0.25) is 0 Å². The quantitative estimate of drug-likeness (QED) is 0.182. The van der Waals surface area contributed by atoms with Crippen LogP contribution in [-0.4, -0.2) is 9.97 Å².